The van der Waals surface area contributed by atoms with E-state index in [2.05, 4.69) is 6.92 Å². The first-order valence-corrected chi connectivity index (χ1v) is 13.4. The van der Waals surface area contributed by atoms with Crippen LogP contribution in [0.4, 0.5) is 0 Å². The third-order valence-electron chi connectivity index (χ3n) is 11.3. The summed E-state index contributed by atoms with van der Waals surface area (Å²) in [6.07, 6.45) is -3.00. The second-order valence-electron chi connectivity index (χ2n) is 12.9. The monoisotopic (exact) mass is 514 g/mol. The lowest BCUT2D eigenvalue weighted by atomic mass is 9.40. The molecular weight excluding hydrogens is 472 g/mol. The molecule has 36 heavy (non-hydrogen) atoms. The summed E-state index contributed by atoms with van der Waals surface area (Å²) in [4.78, 5) is 13.7. The minimum absolute atomic E-state index is 0.0793. The van der Waals surface area contributed by atoms with Crippen molar-refractivity contribution in [3.63, 3.8) is 0 Å². The van der Waals surface area contributed by atoms with Crippen molar-refractivity contribution in [1.82, 2.24) is 0 Å². The first-order chi connectivity index (χ1) is 16.9. The summed E-state index contributed by atoms with van der Waals surface area (Å²) in [5.41, 5.74) is -2.75. The third kappa shape index (κ3) is 3.56. The van der Waals surface area contributed by atoms with Crippen LogP contribution in [0.2, 0.25) is 0 Å². The maximum Gasteiger partial charge on any atom is 0.317 e. The lowest BCUT2D eigenvalue weighted by Crippen LogP contribution is -2.64. The van der Waals surface area contributed by atoms with Gasteiger partial charge in [-0.3, -0.25) is 4.79 Å². The van der Waals surface area contributed by atoms with Crippen LogP contribution < -0.4 is 0 Å². The first kappa shape index (κ1) is 26.7. The molecule has 0 amide bonds. The van der Waals surface area contributed by atoms with Gasteiger partial charge in [0.25, 0.3) is 0 Å². The van der Waals surface area contributed by atoms with Crippen molar-refractivity contribution in [2.75, 3.05) is 13.2 Å². The molecule has 0 aromatic carbocycles. The van der Waals surface area contributed by atoms with E-state index in [9.17, 15) is 40.5 Å². The molecule has 4 saturated carbocycles. The normalized spacial score (nSPS) is 56.5. The summed E-state index contributed by atoms with van der Waals surface area (Å²) < 4.78 is 11.0. The van der Waals surface area contributed by atoms with E-state index in [-0.39, 0.29) is 35.2 Å². The van der Waals surface area contributed by atoms with E-state index < -0.39 is 60.4 Å². The lowest BCUT2D eigenvalue weighted by molar-refractivity contribution is -0.300. The van der Waals surface area contributed by atoms with E-state index in [1.54, 1.807) is 6.92 Å². The fraction of sp³-hybridized carbons (Fsp3) is 0.962. The zero-order chi connectivity index (χ0) is 26.3. The number of ether oxygens (including phenoxy) is 2. The number of aliphatic hydroxyl groups excluding tert-OH is 6. The molecule has 5 rings (SSSR count). The van der Waals surface area contributed by atoms with Gasteiger partial charge < -0.3 is 45.2 Å². The molecule has 1 aliphatic heterocycles. The molecule has 5 fully saturated rings. The summed E-state index contributed by atoms with van der Waals surface area (Å²) >= 11 is 0. The molecule has 0 unspecified atom stereocenters. The van der Waals surface area contributed by atoms with Gasteiger partial charge in [-0.2, -0.15) is 0 Å². The third-order valence-corrected chi connectivity index (χ3v) is 11.3. The number of aliphatic hydroxyl groups is 7. The summed E-state index contributed by atoms with van der Waals surface area (Å²) in [5, 5.41) is 72.3. The number of fused-ring (bicyclic) bond motifs is 3. The van der Waals surface area contributed by atoms with Crippen LogP contribution in [0, 0.1) is 34.0 Å². The van der Waals surface area contributed by atoms with Crippen molar-refractivity contribution >= 4 is 5.97 Å². The second-order valence-corrected chi connectivity index (χ2v) is 12.9. The fourth-order valence-corrected chi connectivity index (χ4v) is 9.39. The van der Waals surface area contributed by atoms with Crippen LogP contribution in [0.3, 0.4) is 0 Å². The van der Waals surface area contributed by atoms with Crippen LogP contribution >= 0.6 is 0 Å². The minimum Gasteiger partial charge on any atom is -0.432 e. The zero-order valence-electron chi connectivity index (χ0n) is 21.1. The van der Waals surface area contributed by atoms with E-state index in [0.29, 0.717) is 19.3 Å². The summed E-state index contributed by atoms with van der Waals surface area (Å²) in [6.45, 7) is 3.01. The highest BCUT2D eigenvalue weighted by atomic mass is 16.7. The Balaban J connectivity index is 1.41. The Hall–Kier alpha value is -0.850. The topological polar surface area (TPSA) is 177 Å². The van der Waals surface area contributed by atoms with Gasteiger partial charge in [0.05, 0.1) is 30.3 Å². The SMILES string of the molecule is C[C@@]12CC[C@H](O)[C@](C)(C(=O)O[C@@H]3O[C@H](CO)[C@@H](O)[C@H](O)[C@H]3O)[C@H]1CC[C@@]13C[C@@H](CC[C@H]12)[C@](O)(CO)C3. The van der Waals surface area contributed by atoms with Gasteiger partial charge in [0.15, 0.2) is 0 Å². The van der Waals surface area contributed by atoms with Crippen LogP contribution in [-0.4, -0.2) is 97.3 Å². The maximum absolute atomic E-state index is 13.7. The Labute approximate surface area is 211 Å². The van der Waals surface area contributed by atoms with Gasteiger partial charge in [-0.1, -0.05) is 6.92 Å². The van der Waals surface area contributed by atoms with E-state index in [4.69, 9.17) is 9.47 Å². The average molecular weight is 515 g/mol. The molecule has 4 aliphatic carbocycles. The standard InChI is InChI=1S/C26H42O10/c1-23-7-6-17(29)24(2,22(33)36-21-20(32)19(31)18(30)14(10-27)35-21)15(23)5-8-25-9-13(3-4-16(23)25)26(34,11-25)12-28/h13-21,27-32,34H,3-12H2,1-2H3/t13-,14-,15+,16+,17+,18-,19+,20-,21+,23-,24-,25+,26-/m1/s1. The quantitative estimate of drug-likeness (QED) is 0.241. The molecule has 1 spiro atoms. The molecular formula is C26H42O10. The smallest absolute Gasteiger partial charge is 0.317 e. The van der Waals surface area contributed by atoms with Gasteiger partial charge in [0.2, 0.25) is 6.29 Å². The number of carbonyl (C=O) groups is 1. The van der Waals surface area contributed by atoms with Gasteiger partial charge in [0, 0.05) is 0 Å². The predicted molar refractivity (Wildman–Crippen MR) is 124 cm³/mol. The summed E-state index contributed by atoms with van der Waals surface area (Å²) in [6, 6.07) is 0. The van der Waals surface area contributed by atoms with Crippen LogP contribution in [0.25, 0.3) is 0 Å². The Morgan fingerprint density at radius 1 is 0.944 bits per heavy atom. The summed E-state index contributed by atoms with van der Waals surface area (Å²) in [5.74, 6) is -0.651. The maximum atomic E-state index is 13.7. The highest BCUT2D eigenvalue weighted by Crippen LogP contribution is 2.73. The van der Waals surface area contributed by atoms with Crippen LogP contribution in [0.15, 0.2) is 0 Å². The summed E-state index contributed by atoms with van der Waals surface area (Å²) in [7, 11) is 0. The van der Waals surface area contributed by atoms with E-state index in [1.807, 2.05) is 0 Å². The van der Waals surface area contributed by atoms with Crippen molar-refractivity contribution in [1.29, 1.82) is 0 Å². The molecule has 0 aromatic rings. The molecule has 0 radical (unpaired) electrons. The number of rotatable bonds is 4. The van der Waals surface area contributed by atoms with Crippen molar-refractivity contribution < 1.29 is 50.0 Å². The van der Waals surface area contributed by atoms with E-state index >= 15 is 0 Å². The Morgan fingerprint density at radius 2 is 1.67 bits per heavy atom. The number of esters is 1. The number of carbonyl (C=O) groups excluding carboxylic acids is 1. The zero-order valence-corrected chi connectivity index (χ0v) is 21.1. The molecule has 1 saturated heterocycles. The predicted octanol–water partition coefficient (Wildman–Crippen LogP) is -0.563. The van der Waals surface area contributed by atoms with Crippen molar-refractivity contribution in [2.45, 2.75) is 108 Å². The molecule has 0 aromatic heterocycles. The Morgan fingerprint density at radius 3 is 2.33 bits per heavy atom. The average Bonchev–Trinajstić information content (AvgIpc) is 3.06. The molecule has 13 atom stereocenters. The van der Waals surface area contributed by atoms with Gasteiger partial charge in [-0.25, -0.2) is 0 Å². The molecule has 10 heteroatoms. The van der Waals surface area contributed by atoms with Gasteiger partial charge >= 0.3 is 5.97 Å². The first-order valence-electron chi connectivity index (χ1n) is 13.4. The van der Waals surface area contributed by atoms with Crippen LogP contribution in [0.1, 0.15) is 65.2 Å². The molecule has 5 aliphatic rings. The van der Waals surface area contributed by atoms with Gasteiger partial charge in [-0.05, 0) is 86.9 Å². The molecule has 7 N–H and O–H groups in total. The molecule has 2 bridgehead atoms. The number of hydrogen-bond donors (Lipinski definition) is 7. The van der Waals surface area contributed by atoms with E-state index in [0.717, 1.165) is 32.1 Å². The lowest BCUT2D eigenvalue weighted by Gasteiger charge is -2.64. The van der Waals surface area contributed by atoms with Crippen molar-refractivity contribution in [2.24, 2.45) is 34.0 Å². The second kappa shape index (κ2) is 8.84. The van der Waals surface area contributed by atoms with Gasteiger partial charge in [-0.15, -0.1) is 0 Å². The molecule has 1 heterocycles. The van der Waals surface area contributed by atoms with Crippen LogP contribution in [-0.2, 0) is 14.3 Å². The highest BCUT2D eigenvalue weighted by molar-refractivity contribution is 5.78. The van der Waals surface area contributed by atoms with Crippen molar-refractivity contribution in [3.8, 4) is 0 Å². The number of hydrogen-bond acceptors (Lipinski definition) is 10. The van der Waals surface area contributed by atoms with Crippen LogP contribution in [0.5, 0.6) is 0 Å². The van der Waals surface area contributed by atoms with E-state index in [1.165, 1.54) is 0 Å². The van der Waals surface area contributed by atoms with Gasteiger partial charge in [0.1, 0.15) is 24.4 Å². The fourth-order valence-electron chi connectivity index (χ4n) is 9.39. The highest BCUT2D eigenvalue weighted by Gasteiger charge is 2.70. The molecule has 10 nitrogen and oxygen atoms in total. The Kier molecular flexibility index (Phi) is 6.57. The van der Waals surface area contributed by atoms with Crippen molar-refractivity contribution in [3.05, 3.63) is 0 Å². The molecule has 206 valence electrons. The Bertz CT molecular complexity index is 868. The minimum atomic E-state index is -1.71. The largest absolute Gasteiger partial charge is 0.432 e.